The molecule has 27 heavy (non-hydrogen) atoms. The fraction of sp³-hybridized carbons (Fsp3) is 0.350. The van der Waals surface area contributed by atoms with Crippen LogP contribution in [0.5, 0.6) is 0 Å². The van der Waals surface area contributed by atoms with E-state index in [4.69, 9.17) is 14.5 Å². The Balaban J connectivity index is 1.50. The third kappa shape index (κ3) is 3.90. The molecule has 0 spiro atoms. The molecular weight excluding hydrogens is 362 g/mol. The smallest absolute Gasteiger partial charge is 0.192 e. The standard InChI is InChI=1S/C20H21N3O3S/c1-13(24)16-6-7-17(27-16)15-4-3-5-18(22-15)23-19-12-14(8-9-21-19)20(2)25-10-11-26-20/h3-6,8-9,12,17H,7,10-11H2,1-2H3,(H,21,22,23). The van der Waals surface area contributed by atoms with Crippen LogP contribution in [0.4, 0.5) is 11.6 Å². The average Bonchev–Trinajstić information content (AvgIpc) is 3.32. The molecule has 6 nitrogen and oxygen atoms in total. The molecule has 4 rings (SSSR count). The van der Waals surface area contributed by atoms with Gasteiger partial charge in [0, 0.05) is 16.7 Å². The van der Waals surface area contributed by atoms with Crippen LogP contribution in [0.25, 0.3) is 0 Å². The molecule has 2 aliphatic heterocycles. The lowest BCUT2D eigenvalue weighted by Gasteiger charge is -2.23. The number of Topliss-reactive ketones (excluding diaryl/α,β-unsaturated/α-hetero) is 1. The molecule has 0 aromatic carbocycles. The van der Waals surface area contributed by atoms with E-state index in [-0.39, 0.29) is 11.0 Å². The summed E-state index contributed by atoms with van der Waals surface area (Å²) in [6.45, 7) is 4.68. The average molecular weight is 383 g/mol. The third-order valence-electron chi connectivity index (χ3n) is 4.61. The van der Waals surface area contributed by atoms with Gasteiger partial charge in [0.25, 0.3) is 0 Å². The van der Waals surface area contributed by atoms with Crippen molar-refractivity contribution in [1.29, 1.82) is 0 Å². The van der Waals surface area contributed by atoms with Gasteiger partial charge in [-0.2, -0.15) is 0 Å². The minimum atomic E-state index is -0.732. The highest BCUT2D eigenvalue weighted by atomic mass is 32.2. The molecule has 2 aromatic heterocycles. The fourth-order valence-electron chi connectivity index (χ4n) is 3.17. The van der Waals surface area contributed by atoms with Gasteiger partial charge in [-0.15, -0.1) is 11.8 Å². The number of thioether (sulfide) groups is 1. The van der Waals surface area contributed by atoms with Crippen molar-refractivity contribution < 1.29 is 14.3 Å². The molecule has 2 aromatic rings. The Kier molecular flexibility index (Phi) is 4.99. The number of hydrogen-bond acceptors (Lipinski definition) is 7. The van der Waals surface area contributed by atoms with Crippen LogP contribution >= 0.6 is 11.8 Å². The van der Waals surface area contributed by atoms with Crippen LogP contribution in [-0.4, -0.2) is 29.0 Å². The molecule has 140 valence electrons. The predicted molar refractivity (Wildman–Crippen MR) is 105 cm³/mol. The number of nitrogens with zero attached hydrogens (tertiary/aromatic N) is 2. The van der Waals surface area contributed by atoms with Crippen molar-refractivity contribution in [2.45, 2.75) is 31.3 Å². The molecule has 7 heteroatoms. The van der Waals surface area contributed by atoms with Crippen LogP contribution in [0, 0.1) is 0 Å². The molecule has 1 N–H and O–H groups in total. The maximum Gasteiger partial charge on any atom is 0.192 e. The van der Waals surface area contributed by atoms with Gasteiger partial charge in [0.2, 0.25) is 0 Å². The van der Waals surface area contributed by atoms with Crippen molar-refractivity contribution in [1.82, 2.24) is 9.97 Å². The van der Waals surface area contributed by atoms with Crippen LogP contribution in [0.3, 0.4) is 0 Å². The molecule has 0 bridgehead atoms. The van der Waals surface area contributed by atoms with Gasteiger partial charge in [-0.25, -0.2) is 9.97 Å². The van der Waals surface area contributed by atoms with Gasteiger partial charge < -0.3 is 14.8 Å². The molecule has 0 aliphatic carbocycles. The summed E-state index contributed by atoms with van der Waals surface area (Å²) in [6.07, 6.45) is 4.54. The minimum Gasteiger partial charge on any atom is -0.344 e. The zero-order valence-corrected chi connectivity index (χ0v) is 16.1. The summed E-state index contributed by atoms with van der Waals surface area (Å²) >= 11 is 1.58. The molecule has 0 radical (unpaired) electrons. The Morgan fingerprint density at radius 2 is 2.07 bits per heavy atom. The maximum atomic E-state index is 11.5. The normalized spacial score (nSPS) is 21.1. The van der Waals surface area contributed by atoms with Gasteiger partial charge in [-0.05, 0) is 44.5 Å². The van der Waals surface area contributed by atoms with Crippen molar-refractivity contribution in [3.8, 4) is 0 Å². The first-order valence-electron chi connectivity index (χ1n) is 8.90. The summed E-state index contributed by atoms with van der Waals surface area (Å²) in [5.74, 6) is 0.776. The van der Waals surface area contributed by atoms with Crippen LogP contribution in [-0.2, 0) is 20.1 Å². The van der Waals surface area contributed by atoms with Gasteiger partial charge in [-0.1, -0.05) is 12.1 Å². The number of ketones is 1. The molecule has 4 heterocycles. The lowest BCUT2D eigenvalue weighted by molar-refractivity contribution is -0.149. The highest BCUT2D eigenvalue weighted by Crippen LogP contribution is 2.43. The molecular formula is C20H21N3O3S. The van der Waals surface area contributed by atoms with Crippen LogP contribution < -0.4 is 5.32 Å². The van der Waals surface area contributed by atoms with E-state index >= 15 is 0 Å². The number of hydrogen-bond donors (Lipinski definition) is 1. The number of aromatic nitrogens is 2. The first-order chi connectivity index (χ1) is 13.0. The van der Waals surface area contributed by atoms with Crippen molar-refractivity contribution in [2.24, 2.45) is 0 Å². The fourth-order valence-corrected chi connectivity index (χ4v) is 4.27. The first-order valence-corrected chi connectivity index (χ1v) is 9.78. The number of carbonyl (C=O) groups is 1. The number of ether oxygens (including phenoxy) is 2. The second-order valence-corrected chi connectivity index (χ2v) is 7.86. The van der Waals surface area contributed by atoms with Gasteiger partial charge >= 0.3 is 0 Å². The number of allylic oxidation sites excluding steroid dienone is 2. The molecule has 1 saturated heterocycles. The maximum absolute atomic E-state index is 11.5. The Morgan fingerprint density at radius 1 is 1.26 bits per heavy atom. The Bertz CT molecular complexity index is 894. The minimum absolute atomic E-state index is 0.114. The highest BCUT2D eigenvalue weighted by Gasteiger charge is 2.33. The van der Waals surface area contributed by atoms with E-state index in [1.165, 1.54) is 0 Å². The Morgan fingerprint density at radius 3 is 2.81 bits per heavy atom. The van der Waals surface area contributed by atoms with Crippen molar-refractivity contribution in [2.75, 3.05) is 18.5 Å². The second kappa shape index (κ2) is 7.42. The summed E-state index contributed by atoms with van der Waals surface area (Å²) in [4.78, 5) is 21.5. The van der Waals surface area contributed by atoms with E-state index in [1.54, 1.807) is 24.9 Å². The number of pyridine rings is 2. The van der Waals surface area contributed by atoms with E-state index in [2.05, 4.69) is 10.3 Å². The van der Waals surface area contributed by atoms with Gasteiger partial charge in [0.1, 0.15) is 11.6 Å². The topological polar surface area (TPSA) is 73.3 Å². The van der Waals surface area contributed by atoms with Gasteiger partial charge in [-0.3, -0.25) is 4.79 Å². The molecule has 0 saturated carbocycles. The molecule has 1 unspecified atom stereocenters. The van der Waals surface area contributed by atoms with Crippen molar-refractivity contribution in [3.63, 3.8) is 0 Å². The predicted octanol–water partition coefficient (Wildman–Crippen LogP) is 4.09. The Labute approximate surface area is 162 Å². The summed E-state index contributed by atoms with van der Waals surface area (Å²) < 4.78 is 11.4. The number of anilines is 2. The summed E-state index contributed by atoms with van der Waals surface area (Å²) in [5, 5.41) is 3.43. The van der Waals surface area contributed by atoms with E-state index < -0.39 is 5.79 Å². The largest absolute Gasteiger partial charge is 0.344 e. The lowest BCUT2D eigenvalue weighted by Crippen LogP contribution is -2.22. The van der Waals surface area contributed by atoms with Crippen LogP contribution in [0.15, 0.2) is 47.5 Å². The number of carbonyl (C=O) groups excluding carboxylic acids is 1. The molecule has 1 atom stereocenters. The monoisotopic (exact) mass is 383 g/mol. The van der Waals surface area contributed by atoms with Crippen LogP contribution in [0.1, 0.15) is 36.8 Å². The van der Waals surface area contributed by atoms with Gasteiger partial charge in [0.15, 0.2) is 11.6 Å². The lowest BCUT2D eigenvalue weighted by atomic mass is 10.1. The van der Waals surface area contributed by atoms with Crippen molar-refractivity contribution >= 4 is 29.2 Å². The van der Waals surface area contributed by atoms with Crippen LogP contribution in [0.2, 0.25) is 0 Å². The second-order valence-electron chi connectivity index (χ2n) is 6.61. The van der Waals surface area contributed by atoms with Gasteiger partial charge in [0.05, 0.1) is 24.2 Å². The van der Waals surface area contributed by atoms with E-state index in [1.807, 2.05) is 43.3 Å². The third-order valence-corrected chi connectivity index (χ3v) is 6.04. The van der Waals surface area contributed by atoms with E-state index in [9.17, 15) is 4.79 Å². The quantitative estimate of drug-likeness (QED) is 0.833. The molecule has 1 fully saturated rings. The zero-order chi connectivity index (χ0) is 18.9. The SMILES string of the molecule is CC(=O)C1=CCC(c2cccc(Nc3cc(C4(C)OCCO4)ccn3)n2)S1. The zero-order valence-electron chi connectivity index (χ0n) is 15.3. The molecule has 0 amide bonds. The first kappa shape index (κ1) is 18.2. The van der Waals surface area contributed by atoms with E-state index in [0.717, 1.165) is 22.6 Å². The summed E-state index contributed by atoms with van der Waals surface area (Å²) in [7, 11) is 0. The van der Waals surface area contributed by atoms with Crippen molar-refractivity contribution in [3.05, 3.63) is 58.8 Å². The van der Waals surface area contributed by atoms with E-state index in [0.29, 0.717) is 24.8 Å². The molecule has 2 aliphatic rings. The number of rotatable bonds is 5. The summed E-state index contributed by atoms with van der Waals surface area (Å²) in [5.41, 5.74) is 1.86. The number of nitrogens with one attached hydrogen (secondary N) is 1. The summed E-state index contributed by atoms with van der Waals surface area (Å²) in [6, 6.07) is 9.67. The highest BCUT2D eigenvalue weighted by molar-refractivity contribution is 8.04. The Hall–Kier alpha value is -2.22.